The Balaban J connectivity index is 1.71. The zero-order chi connectivity index (χ0) is 22.3. The number of aryl methyl sites for hydroxylation is 2. The van der Waals surface area contributed by atoms with Crippen LogP contribution in [-0.2, 0) is 13.6 Å². The number of halogens is 1. The highest BCUT2D eigenvalue weighted by molar-refractivity contribution is 5.81. The summed E-state index contributed by atoms with van der Waals surface area (Å²) in [6, 6.07) is 2.84. The number of amides is 1. The number of nitrogen functional groups attached to an aromatic ring is 1. The van der Waals surface area contributed by atoms with E-state index in [0.717, 1.165) is 4.90 Å². The number of alkyl halides is 1. The van der Waals surface area contributed by atoms with Gasteiger partial charge >= 0.3 is 6.09 Å². The standard InChI is InChI=1S/C19H23FN8O3/c1-3-28-16-10(4-13(17(28)29)14-6-15(21)25-26(14)2)7-22-18(24-16)23-12-5-11(20)8-27(9-12)19(30)31/h4,6-7,11-12H,3,5,8-9H2,1-2H3,(H2,21,25)(H,30,31)(H,22,23,24)/t11-,12-/m0/s1. The third-order valence-electron chi connectivity index (χ3n) is 5.32. The molecule has 2 atom stereocenters. The molecule has 0 bridgehead atoms. The summed E-state index contributed by atoms with van der Waals surface area (Å²) in [6.45, 7) is 2.17. The van der Waals surface area contributed by atoms with Gasteiger partial charge in [0.1, 0.15) is 17.6 Å². The molecule has 1 fully saturated rings. The Kier molecular flexibility index (Phi) is 5.21. The minimum absolute atomic E-state index is 0.124. The summed E-state index contributed by atoms with van der Waals surface area (Å²) in [6.07, 6.45) is -0.723. The smallest absolute Gasteiger partial charge is 0.407 e. The number of carboxylic acid groups (broad SMARTS) is 1. The summed E-state index contributed by atoms with van der Waals surface area (Å²) in [5.41, 5.74) is 6.94. The van der Waals surface area contributed by atoms with Crippen molar-refractivity contribution >= 4 is 28.9 Å². The van der Waals surface area contributed by atoms with Crippen LogP contribution < -0.4 is 16.6 Å². The lowest BCUT2D eigenvalue weighted by Crippen LogP contribution is -2.49. The molecule has 3 aromatic heterocycles. The van der Waals surface area contributed by atoms with Crippen molar-refractivity contribution in [2.45, 2.75) is 32.1 Å². The molecule has 0 unspecified atom stereocenters. The molecule has 0 aliphatic carbocycles. The van der Waals surface area contributed by atoms with E-state index in [9.17, 15) is 14.0 Å². The van der Waals surface area contributed by atoms with Gasteiger partial charge in [0.15, 0.2) is 0 Å². The van der Waals surface area contributed by atoms with Gasteiger partial charge in [-0.2, -0.15) is 10.1 Å². The SMILES string of the molecule is CCn1c(=O)c(-c2cc(N)nn2C)cc2cnc(N[C@H]3C[C@H](F)CN(C(=O)O)C3)nc21. The fourth-order valence-electron chi connectivity index (χ4n) is 3.93. The fraction of sp³-hybridized carbons (Fsp3) is 0.421. The Labute approximate surface area is 176 Å². The lowest BCUT2D eigenvalue weighted by Gasteiger charge is -2.33. The minimum Gasteiger partial charge on any atom is -0.465 e. The number of anilines is 2. The van der Waals surface area contributed by atoms with E-state index < -0.39 is 18.3 Å². The molecule has 0 saturated carbocycles. The maximum Gasteiger partial charge on any atom is 0.407 e. The number of pyridine rings is 1. The molecule has 1 amide bonds. The van der Waals surface area contributed by atoms with Crippen LogP contribution in [-0.4, -0.2) is 65.7 Å². The fourth-order valence-corrected chi connectivity index (χ4v) is 3.93. The monoisotopic (exact) mass is 430 g/mol. The first kappa shape index (κ1) is 20.6. The van der Waals surface area contributed by atoms with Crippen molar-refractivity contribution in [3.63, 3.8) is 0 Å². The molecule has 4 N–H and O–H groups in total. The minimum atomic E-state index is -1.27. The molecule has 1 aliphatic heterocycles. The Morgan fingerprint density at radius 2 is 2.16 bits per heavy atom. The van der Waals surface area contributed by atoms with E-state index in [1.54, 1.807) is 30.1 Å². The van der Waals surface area contributed by atoms with E-state index in [0.29, 0.717) is 34.7 Å². The first-order valence-corrected chi connectivity index (χ1v) is 9.85. The molecule has 164 valence electrons. The number of nitrogens with two attached hydrogens (primary N) is 1. The zero-order valence-corrected chi connectivity index (χ0v) is 17.1. The second-order valence-electron chi connectivity index (χ2n) is 7.52. The van der Waals surface area contributed by atoms with Crippen molar-refractivity contribution in [2.75, 3.05) is 24.1 Å². The lowest BCUT2D eigenvalue weighted by molar-refractivity contribution is 0.102. The van der Waals surface area contributed by atoms with Gasteiger partial charge in [-0.1, -0.05) is 0 Å². The van der Waals surface area contributed by atoms with Gasteiger partial charge in [-0.15, -0.1) is 0 Å². The first-order valence-electron chi connectivity index (χ1n) is 9.85. The van der Waals surface area contributed by atoms with Crippen LogP contribution in [0.5, 0.6) is 0 Å². The second kappa shape index (κ2) is 7.85. The highest BCUT2D eigenvalue weighted by atomic mass is 19.1. The molecule has 0 radical (unpaired) electrons. The lowest BCUT2D eigenvalue weighted by atomic mass is 10.0. The molecule has 0 aromatic carbocycles. The first-order chi connectivity index (χ1) is 14.8. The molecule has 4 heterocycles. The quantitative estimate of drug-likeness (QED) is 0.562. The van der Waals surface area contributed by atoms with Gasteiger partial charge in [-0.05, 0) is 13.0 Å². The number of hydrogen-bond acceptors (Lipinski definition) is 7. The number of piperidine rings is 1. The molecule has 0 spiro atoms. The van der Waals surface area contributed by atoms with Crippen molar-refractivity contribution in [2.24, 2.45) is 7.05 Å². The Hall–Kier alpha value is -3.70. The number of aromatic nitrogens is 5. The number of carbonyl (C=O) groups is 1. The summed E-state index contributed by atoms with van der Waals surface area (Å²) in [5.74, 6) is 0.515. The van der Waals surface area contributed by atoms with Gasteiger partial charge in [0.2, 0.25) is 5.95 Å². The number of rotatable bonds is 4. The highest BCUT2D eigenvalue weighted by Crippen LogP contribution is 2.23. The molecule has 1 aliphatic rings. The normalized spacial score (nSPS) is 19.0. The highest BCUT2D eigenvalue weighted by Gasteiger charge is 2.30. The largest absolute Gasteiger partial charge is 0.465 e. The van der Waals surface area contributed by atoms with E-state index >= 15 is 0 Å². The predicted molar refractivity (Wildman–Crippen MR) is 113 cm³/mol. The topological polar surface area (TPSA) is 144 Å². The van der Waals surface area contributed by atoms with Crippen molar-refractivity contribution in [3.8, 4) is 11.3 Å². The predicted octanol–water partition coefficient (Wildman–Crippen LogP) is 1.30. The van der Waals surface area contributed by atoms with Gasteiger partial charge in [0.25, 0.3) is 5.56 Å². The maximum atomic E-state index is 14.0. The zero-order valence-electron chi connectivity index (χ0n) is 17.1. The number of nitrogens with one attached hydrogen (secondary N) is 1. The second-order valence-corrected chi connectivity index (χ2v) is 7.52. The van der Waals surface area contributed by atoms with E-state index in [1.807, 2.05) is 6.92 Å². The van der Waals surface area contributed by atoms with Gasteiger partial charge < -0.3 is 21.1 Å². The third-order valence-corrected chi connectivity index (χ3v) is 5.32. The van der Waals surface area contributed by atoms with E-state index in [4.69, 9.17) is 10.8 Å². The number of hydrogen-bond donors (Lipinski definition) is 3. The van der Waals surface area contributed by atoms with Gasteiger partial charge in [0, 0.05) is 50.2 Å². The number of fused-ring (bicyclic) bond motifs is 1. The molecule has 3 aromatic rings. The van der Waals surface area contributed by atoms with Crippen molar-refractivity contribution in [1.82, 2.24) is 29.2 Å². The maximum absolute atomic E-state index is 14.0. The van der Waals surface area contributed by atoms with Gasteiger partial charge in [0.05, 0.1) is 17.8 Å². The molecule has 1 saturated heterocycles. The van der Waals surface area contributed by atoms with Gasteiger partial charge in [-0.25, -0.2) is 14.2 Å². The average Bonchev–Trinajstić information content (AvgIpc) is 3.05. The summed E-state index contributed by atoms with van der Waals surface area (Å²) in [7, 11) is 1.71. The Morgan fingerprint density at radius 3 is 2.81 bits per heavy atom. The summed E-state index contributed by atoms with van der Waals surface area (Å²) >= 11 is 0. The molecule has 31 heavy (non-hydrogen) atoms. The number of nitrogens with zero attached hydrogens (tertiary/aromatic N) is 6. The third kappa shape index (κ3) is 3.88. The molecular weight excluding hydrogens is 407 g/mol. The van der Waals surface area contributed by atoms with Crippen LogP contribution in [0.4, 0.5) is 21.0 Å². The Bertz CT molecular complexity index is 1210. The van der Waals surface area contributed by atoms with Crippen molar-refractivity contribution in [3.05, 3.63) is 28.7 Å². The summed E-state index contributed by atoms with van der Waals surface area (Å²) in [5, 5.41) is 16.9. The van der Waals surface area contributed by atoms with Crippen LogP contribution in [0.25, 0.3) is 22.3 Å². The van der Waals surface area contributed by atoms with Crippen LogP contribution in [0.3, 0.4) is 0 Å². The Morgan fingerprint density at radius 1 is 1.39 bits per heavy atom. The molecule has 4 rings (SSSR count). The van der Waals surface area contributed by atoms with Crippen LogP contribution in [0.1, 0.15) is 13.3 Å². The number of likely N-dealkylation sites (tertiary alicyclic amines) is 1. The van der Waals surface area contributed by atoms with E-state index in [1.165, 1.54) is 4.57 Å². The summed E-state index contributed by atoms with van der Waals surface area (Å²) in [4.78, 5) is 34.1. The molecule has 12 heteroatoms. The average molecular weight is 430 g/mol. The van der Waals surface area contributed by atoms with Crippen LogP contribution in [0.2, 0.25) is 0 Å². The van der Waals surface area contributed by atoms with Crippen molar-refractivity contribution in [1.29, 1.82) is 0 Å². The van der Waals surface area contributed by atoms with Crippen LogP contribution in [0, 0.1) is 0 Å². The molecular formula is C19H23FN8O3. The summed E-state index contributed by atoms with van der Waals surface area (Å²) < 4.78 is 17.0. The van der Waals surface area contributed by atoms with Gasteiger partial charge in [-0.3, -0.25) is 14.0 Å². The van der Waals surface area contributed by atoms with Crippen LogP contribution >= 0.6 is 0 Å². The van der Waals surface area contributed by atoms with E-state index in [2.05, 4.69) is 20.4 Å². The van der Waals surface area contributed by atoms with Crippen molar-refractivity contribution < 1.29 is 14.3 Å². The van der Waals surface area contributed by atoms with Crippen LogP contribution in [0.15, 0.2) is 23.1 Å². The van der Waals surface area contributed by atoms with E-state index in [-0.39, 0.29) is 31.0 Å². The molecule has 11 nitrogen and oxygen atoms in total.